The fourth-order valence-electron chi connectivity index (χ4n) is 2.22. The van der Waals surface area contributed by atoms with Crippen LogP contribution in [0.2, 0.25) is 0 Å². The van der Waals surface area contributed by atoms with Crippen LogP contribution in [-0.2, 0) is 5.60 Å². The number of thiophene rings is 1. The van der Waals surface area contributed by atoms with Crippen molar-refractivity contribution in [2.24, 2.45) is 0 Å². The summed E-state index contributed by atoms with van der Waals surface area (Å²) in [5.74, 6) is -1.30. The Labute approximate surface area is 140 Å². The molecule has 1 amide bonds. The minimum absolute atomic E-state index is 0.0485. The van der Waals surface area contributed by atoms with Crippen LogP contribution in [0, 0.1) is 10.1 Å². The molecule has 1 atom stereocenters. The predicted octanol–water partition coefficient (Wildman–Crippen LogP) is 3.04. The van der Waals surface area contributed by atoms with E-state index in [9.17, 15) is 20.0 Å². The van der Waals surface area contributed by atoms with Crippen LogP contribution in [0.1, 0.15) is 22.4 Å². The molecule has 124 valence electrons. The van der Waals surface area contributed by atoms with E-state index in [0.29, 0.717) is 0 Å². The van der Waals surface area contributed by atoms with Crippen molar-refractivity contribution in [2.75, 3.05) is 6.54 Å². The highest BCUT2D eigenvalue weighted by atomic mass is 32.1. The van der Waals surface area contributed by atoms with Crippen molar-refractivity contribution in [2.45, 2.75) is 12.5 Å². The van der Waals surface area contributed by atoms with Crippen molar-refractivity contribution in [3.05, 3.63) is 63.2 Å². The molecular formula is C16H14N2O5S. The molecule has 0 spiro atoms. The van der Waals surface area contributed by atoms with Gasteiger partial charge < -0.3 is 14.8 Å². The van der Waals surface area contributed by atoms with Crippen LogP contribution in [-0.4, -0.2) is 22.5 Å². The van der Waals surface area contributed by atoms with Gasteiger partial charge >= 0.3 is 5.88 Å². The highest BCUT2D eigenvalue weighted by Crippen LogP contribution is 2.32. The molecule has 0 fully saturated rings. The van der Waals surface area contributed by atoms with Gasteiger partial charge in [0.2, 0.25) is 0 Å². The van der Waals surface area contributed by atoms with Gasteiger partial charge in [-0.15, -0.1) is 11.3 Å². The fourth-order valence-corrected chi connectivity index (χ4v) is 3.33. The summed E-state index contributed by atoms with van der Waals surface area (Å²) in [7, 11) is 0. The molecule has 0 saturated carbocycles. The van der Waals surface area contributed by atoms with E-state index in [1.165, 1.54) is 17.4 Å². The lowest BCUT2D eigenvalue weighted by Gasteiger charge is -2.21. The molecule has 0 aliphatic heterocycles. The molecule has 0 radical (unpaired) electrons. The third-order valence-electron chi connectivity index (χ3n) is 3.55. The Kier molecular flexibility index (Phi) is 4.08. The number of hydrogen-bond donors (Lipinski definition) is 2. The van der Waals surface area contributed by atoms with Crippen molar-refractivity contribution in [3.8, 4) is 0 Å². The molecule has 7 nitrogen and oxygen atoms in total. The normalized spacial score (nSPS) is 13.6. The first kappa shape index (κ1) is 16.2. The first-order chi connectivity index (χ1) is 11.4. The van der Waals surface area contributed by atoms with Crippen molar-refractivity contribution in [1.29, 1.82) is 0 Å². The number of furan rings is 1. The van der Waals surface area contributed by atoms with Gasteiger partial charge in [0, 0.05) is 9.58 Å². The van der Waals surface area contributed by atoms with Crippen molar-refractivity contribution in [3.63, 3.8) is 0 Å². The second-order valence-electron chi connectivity index (χ2n) is 5.50. The van der Waals surface area contributed by atoms with Crippen molar-refractivity contribution in [1.82, 2.24) is 5.32 Å². The zero-order chi connectivity index (χ0) is 17.3. The fraction of sp³-hybridized carbons (Fsp3) is 0.188. The van der Waals surface area contributed by atoms with E-state index in [2.05, 4.69) is 5.32 Å². The van der Waals surface area contributed by atoms with E-state index in [0.717, 1.165) is 21.0 Å². The summed E-state index contributed by atoms with van der Waals surface area (Å²) in [4.78, 5) is 22.6. The van der Waals surface area contributed by atoms with Gasteiger partial charge in [0.1, 0.15) is 10.5 Å². The van der Waals surface area contributed by atoms with Crippen LogP contribution in [0.3, 0.4) is 0 Å². The van der Waals surface area contributed by atoms with Gasteiger partial charge in [-0.3, -0.25) is 14.9 Å². The largest absolute Gasteiger partial charge is 0.433 e. The lowest BCUT2D eigenvalue weighted by molar-refractivity contribution is -0.402. The highest BCUT2D eigenvalue weighted by molar-refractivity contribution is 7.19. The molecule has 0 aliphatic rings. The van der Waals surface area contributed by atoms with Crippen LogP contribution in [0.5, 0.6) is 0 Å². The number of amides is 1. The molecule has 0 bridgehead atoms. The van der Waals surface area contributed by atoms with Crippen LogP contribution < -0.4 is 5.32 Å². The number of hydrogen-bond acceptors (Lipinski definition) is 6. The maximum atomic E-state index is 12.0. The van der Waals surface area contributed by atoms with Gasteiger partial charge in [-0.05, 0) is 30.5 Å². The van der Waals surface area contributed by atoms with E-state index >= 15 is 0 Å². The monoisotopic (exact) mass is 346 g/mol. The van der Waals surface area contributed by atoms with Crippen LogP contribution in [0.15, 0.2) is 46.9 Å². The Morgan fingerprint density at radius 2 is 2.12 bits per heavy atom. The molecule has 24 heavy (non-hydrogen) atoms. The number of nitro groups is 1. The van der Waals surface area contributed by atoms with Gasteiger partial charge in [0.05, 0.1) is 12.6 Å². The maximum Gasteiger partial charge on any atom is 0.433 e. The number of nitrogens with zero attached hydrogens (tertiary/aromatic N) is 1. The molecule has 0 saturated heterocycles. The number of aliphatic hydroxyl groups is 1. The summed E-state index contributed by atoms with van der Waals surface area (Å²) in [5.41, 5.74) is -1.27. The molecule has 2 N–H and O–H groups in total. The van der Waals surface area contributed by atoms with Crippen molar-refractivity contribution < 1.29 is 19.2 Å². The van der Waals surface area contributed by atoms with Gasteiger partial charge in [0.15, 0.2) is 5.76 Å². The molecular weight excluding hydrogens is 332 g/mol. The number of nitrogens with one attached hydrogen (secondary N) is 1. The van der Waals surface area contributed by atoms with Gasteiger partial charge in [-0.2, -0.15) is 0 Å². The van der Waals surface area contributed by atoms with Crippen molar-refractivity contribution >= 4 is 33.2 Å². The third kappa shape index (κ3) is 3.15. The highest BCUT2D eigenvalue weighted by Gasteiger charge is 2.27. The number of rotatable bonds is 5. The van der Waals surface area contributed by atoms with E-state index in [-0.39, 0.29) is 12.3 Å². The number of benzene rings is 1. The lowest BCUT2D eigenvalue weighted by atomic mass is 10.0. The minimum Gasteiger partial charge on any atom is -0.395 e. The molecule has 2 aromatic heterocycles. The van der Waals surface area contributed by atoms with E-state index in [1.54, 1.807) is 6.92 Å². The average Bonchev–Trinajstić information content (AvgIpc) is 3.19. The van der Waals surface area contributed by atoms with Crippen LogP contribution in [0.4, 0.5) is 5.88 Å². The zero-order valence-electron chi connectivity index (χ0n) is 12.7. The predicted molar refractivity (Wildman–Crippen MR) is 89.1 cm³/mol. The Balaban J connectivity index is 1.71. The molecule has 3 aromatic rings. The number of carbonyl (C=O) groups is 1. The summed E-state index contributed by atoms with van der Waals surface area (Å²) >= 11 is 1.45. The summed E-state index contributed by atoms with van der Waals surface area (Å²) < 4.78 is 5.88. The molecule has 2 heterocycles. The SMILES string of the molecule is CC(O)(CNC(=O)c1ccc([N+](=O)[O-])o1)c1cc2ccccc2s1. The number of fused-ring (bicyclic) bond motifs is 1. The van der Waals surface area contributed by atoms with Gasteiger partial charge in [-0.25, -0.2) is 0 Å². The lowest BCUT2D eigenvalue weighted by Crippen LogP contribution is -2.37. The molecule has 1 aromatic carbocycles. The Morgan fingerprint density at radius 1 is 1.38 bits per heavy atom. The van der Waals surface area contributed by atoms with E-state index in [4.69, 9.17) is 4.42 Å². The smallest absolute Gasteiger partial charge is 0.395 e. The Hall–Kier alpha value is -2.71. The van der Waals surface area contributed by atoms with E-state index in [1.807, 2.05) is 30.3 Å². The van der Waals surface area contributed by atoms with E-state index < -0.39 is 22.3 Å². The topological polar surface area (TPSA) is 106 Å². The van der Waals surface area contributed by atoms with Crippen LogP contribution in [0.25, 0.3) is 10.1 Å². The second kappa shape index (κ2) is 6.06. The Morgan fingerprint density at radius 3 is 2.79 bits per heavy atom. The standard InChI is InChI=1S/C16H14N2O5S/c1-16(20,13-8-10-4-2-3-5-12(10)24-13)9-17-15(19)11-6-7-14(23-11)18(21)22/h2-8,20H,9H2,1H3,(H,17,19). The summed E-state index contributed by atoms with van der Waals surface area (Å²) in [6.07, 6.45) is 0. The summed E-state index contributed by atoms with van der Waals surface area (Å²) in [5, 5.41) is 24.8. The maximum absolute atomic E-state index is 12.0. The Bertz CT molecular complexity index is 879. The molecule has 0 aliphatic carbocycles. The molecule has 1 unspecified atom stereocenters. The van der Waals surface area contributed by atoms with Gasteiger partial charge in [-0.1, -0.05) is 18.2 Å². The molecule has 3 rings (SSSR count). The average molecular weight is 346 g/mol. The zero-order valence-corrected chi connectivity index (χ0v) is 13.5. The summed E-state index contributed by atoms with van der Waals surface area (Å²) in [6, 6.07) is 12.0. The molecule has 8 heteroatoms. The first-order valence-electron chi connectivity index (χ1n) is 7.11. The van der Waals surface area contributed by atoms with Gasteiger partial charge in [0.25, 0.3) is 5.91 Å². The summed E-state index contributed by atoms with van der Waals surface area (Å²) in [6.45, 7) is 1.55. The minimum atomic E-state index is -1.27. The van der Waals surface area contributed by atoms with Crippen LogP contribution >= 0.6 is 11.3 Å². The third-order valence-corrected chi connectivity index (χ3v) is 4.91. The first-order valence-corrected chi connectivity index (χ1v) is 7.92. The quantitative estimate of drug-likeness (QED) is 0.545. The second-order valence-corrected chi connectivity index (χ2v) is 6.58. The number of carbonyl (C=O) groups excluding carboxylic acids is 1.